The lowest BCUT2D eigenvalue weighted by atomic mass is 10.1. The van der Waals surface area contributed by atoms with Gasteiger partial charge in [-0.1, -0.05) is 0 Å². The van der Waals surface area contributed by atoms with Crippen LogP contribution in [0.5, 0.6) is 0 Å². The highest BCUT2D eigenvalue weighted by Crippen LogP contribution is 2.35. The maximum Gasteiger partial charge on any atom is 0.325 e. The van der Waals surface area contributed by atoms with E-state index in [-0.39, 0.29) is 12.6 Å². The smallest absolute Gasteiger partial charge is 0.325 e. The average molecular weight is 216 g/mol. The molecule has 1 aromatic rings. The number of hydrogen-bond donors (Lipinski definition) is 4. The number of anilines is 2. The first-order valence-corrected chi connectivity index (χ1v) is 5.86. The highest BCUT2D eigenvalue weighted by Gasteiger charge is 2.12. The molecule has 0 aliphatic carbocycles. The normalized spacial score (nSPS) is 11.6. The van der Waals surface area contributed by atoms with Crippen LogP contribution in [0.2, 0.25) is 0 Å². The van der Waals surface area contributed by atoms with E-state index in [2.05, 4.69) is 0 Å². The Labute approximate surface area is 81.9 Å². The Morgan fingerprint density at radius 2 is 1.64 bits per heavy atom. The highest BCUT2D eigenvalue weighted by atomic mass is 31.2. The van der Waals surface area contributed by atoms with E-state index in [0.29, 0.717) is 11.4 Å². The Hall–Kier alpha value is -1.03. The van der Waals surface area contributed by atoms with Crippen LogP contribution in [0.25, 0.3) is 0 Å². The first-order chi connectivity index (χ1) is 6.37. The second-order valence-corrected chi connectivity index (χ2v) is 4.92. The maximum absolute atomic E-state index is 10.6. The number of aryl methyl sites for hydroxylation is 1. The van der Waals surface area contributed by atoms with Crippen LogP contribution < -0.4 is 11.5 Å². The van der Waals surface area contributed by atoms with E-state index >= 15 is 0 Å². The van der Waals surface area contributed by atoms with Gasteiger partial charge in [-0.3, -0.25) is 4.57 Å². The standard InChI is InChI=1S/C8H13N2O3P/c9-7-3-6(4-8(10)5-7)1-2-14(11,12)13/h3-5H,1-2,9-10H2,(H2,11,12,13). The molecular weight excluding hydrogens is 203 g/mol. The van der Waals surface area contributed by atoms with E-state index in [0.717, 1.165) is 5.56 Å². The molecule has 5 nitrogen and oxygen atoms in total. The lowest BCUT2D eigenvalue weighted by Gasteiger charge is -2.05. The number of nitrogens with two attached hydrogens (primary N) is 2. The van der Waals surface area contributed by atoms with Crippen LogP contribution in [0.4, 0.5) is 11.4 Å². The SMILES string of the molecule is Nc1cc(N)cc(CCP(=O)(O)O)c1. The molecule has 78 valence electrons. The fourth-order valence-electron chi connectivity index (χ4n) is 1.16. The van der Waals surface area contributed by atoms with Crippen molar-refractivity contribution in [3.63, 3.8) is 0 Å². The van der Waals surface area contributed by atoms with Crippen molar-refractivity contribution >= 4 is 19.0 Å². The van der Waals surface area contributed by atoms with Gasteiger partial charge in [-0.15, -0.1) is 0 Å². The summed E-state index contributed by atoms with van der Waals surface area (Å²) < 4.78 is 10.6. The zero-order valence-corrected chi connectivity index (χ0v) is 8.45. The van der Waals surface area contributed by atoms with Crippen LogP contribution in [0, 0.1) is 0 Å². The van der Waals surface area contributed by atoms with E-state index in [4.69, 9.17) is 21.3 Å². The van der Waals surface area contributed by atoms with Gasteiger partial charge in [0, 0.05) is 11.4 Å². The zero-order valence-electron chi connectivity index (χ0n) is 7.55. The van der Waals surface area contributed by atoms with E-state index in [1.54, 1.807) is 18.2 Å². The van der Waals surface area contributed by atoms with E-state index in [9.17, 15) is 4.57 Å². The molecule has 0 aromatic heterocycles. The van der Waals surface area contributed by atoms with Gasteiger partial charge in [0.2, 0.25) is 0 Å². The number of nitrogen functional groups attached to an aromatic ring is 2. The third kappa shape index (κ3) is 3.79. The molecule has 0 bridgehead atoms. The highest BCUT2D eigenvalue weighted by molar-refractivity contribution is 7.51. The molecular formula is C8H13N2O3P. The maximum atomic E-state index is 10.6. The van der Waals surface area contributed by atoms with Crippen molar-refractivity contribution in [2.75, 3.05) is 17.6 Å². The fourth-order valence-corrected chi connectivity index (χ4v) is 1.71. The minimum Gasteiger partial charge on any atom is -0.399 e. The van der Waals surface area contributed by atoms with Crippen molar-refractivity contribution in [2.45, 2.75) is 6.42 Å². The molecule has 0 saturated heterocycles. The summed E-state index contributed by atoms with van der Waals surface area (Å²) >= 11 is 0. The quantitative estimate of drug-likeness (QED) is 0.436. The lowest BCUT2D eigenvalue weighted by molar-refractivity contribution is 0.373. The summed E-state index contributed by atoms with van der Waals surface area (Å²) in [6.07, 6.45) is 0.0927. The summed E-state index contributed by atoms with van der Waals surface area (Å²) in [7, 11) is -3.94. The van der Waals surface area contributed by atoms with Crippen LogP contribution in [0.3, 0.4) is 0 Å². The lowest BCUT2D eigenvalue weighted by Crippen LogP contribution is -1.97. The summed E-state index contributed by atoms with van der Waals surface area (Å²) in [5.74, 6) is 0. The molecule has 0 unspecified atom stereocenters. The Bertz CT molecular complexity index is 355. The summed E-state index contributed by atoms with van der Waals surface area (Å²) in [4.78, 5) is 17.3. The van der Waals surface area contributed by atoms with E-state index < -0.39 is 7.60 Å². The minimum atomic E-state index is -3.94. The Kier molecular flexibility index (Phi) is 3.16. The fraction of sp³-hybridized carbons (Fsp3) is 0.250. The topological polar surface area (TPSA) is 110 Å². The van der Waals surface area contributed by atoms with Gasteiger partial charge >= 0.3 is 7.60 Å². The van der Waals surface area contributed by atoms with Crippen molar-refractivity contribution < 1.29 is 14.4 Å². The first-order valence-electron chi connectivity index (χ1n) is 4.06. The van der Waals surface area contributed by atoms with Gasteiger partial charge in [-0.2, -0.15) is 0 Å². The molecule has 0 aliphatic rings. The van der Waals surface area contributed by atoms with Crippen LogP contribution >= 0.6 is 7.60 Å². The molecule has 0 fully saturated rings. The van der Waals surface area contributed by atoms with Crippen LogP contribution in [0.1, 0.15) is 5.56 Å². The number of benzene rings is 1. The van der Waals surface area contributed by atoms with Gasteiger partial charge < -0.3 is 21.3 Å². The minimum absolute atomic E-state index is 0.185. The molecule has 0 radical (unpaired) electrons. The Morgan fingerprint density at radius 1 is 1.14 bits per heavy atom. The van der Waals surface area contributed by atoms with Gasteiger partial charge in [-0.25, -0.2) is 0 Å². The third-order valence-corrected chi connectivity index (χ3v) is 2.54. The number of rotatable bonds is 3. The van der Waals surface area contributed by atoms with Crippen molar-refractivity contribution in [3.05, 3.63) is 23.8 Å². The van der Waals surface area contributed by atoms with Gasteiger partial charge in [0.15, 0.2) is 0 Å². The average Bonchev–Trinajstić information content (AvgIpc) is 1.97. The molecule has 0 spiro atoms. The molecule has 0 amide bonds. The summed E-state index contributed by atoms with van der Waals surface area (Å²) in [6.45, 7) is 0. The molecule has 6 N–H and O–H groups in total. The molecule has 0 aliphatic heterocycles. The molecule has 0 heterocycles. The van der Waals surface area contributed by atoms with Gasteiger partial charge in [0.25, 0.3) is 0 Å². The largest absolute Gasteiger partial charge is 0.399 e. The second kappa shape index (κ2) is 4.00. The predicted molar refractivity (Wildman–Crippen MR) is 55.9 cm³/mol. The van der Waals surface area contributed by atoms with E-state index in [1.807, 2.05) is 0 Å². The first kappa shape index (κ1) is 11.0. The van der Waals surface area contributed by atoms with Crippen molar-refractivity contribution in [1.29, 1.82) is 0 Å². The molecule has 0 saturated carbocycles. The van der Waals surface area contributed by atoms with Gasteiger partial charge in [-0.05, 0) is 30.2 Å². The second-order valence-electron chi connectivity index (χ2n) is 3.15. The molecule has 6 heteroatoms. The van der Waals surface area contributed by atoms with Gasteiger partial charge in [0.1, 0.15) is 0 Å². The van der Waals surface area contributed by atoms with Crippen LogP contribution in [-0.4, -0.2) is 15.9 Å². The Morgan fingerprint density at radius 3 is 2.07 bits per heavy atom. The number of hydrogen-bond acceptors (Lipinski definition) is 3. The molecule has 14 heavy (non-hydrogen) atoms. The third-order valence-electron chi connectivity index (χ3n) is 1.73. The van der Waals surface area contributed by atoms with Crippen LogP contribution in [0.15, 0.2) is 18.2 Å². The molecule has 1 aromatic carbocycles. The predicted octanol–water partition coefficient (Wildman–Crippen LogP) is 0.571. The van der Waals surface area contributed by atoms with Crippen molar-refractivity contribution in [1.82, 2.24) is 0 Å². The monoisotopic (exact) mass is 216 g/mol. The summed E-state index contributed by atoms with van der Waals surface area (Å²) in [5.41, 5.74) is 12.8. The summed E-state index contributed by atoms with van der Waals surface area (Å²) in [6, 6.07) is 4.92. The zero-order chi connectivity index (χ0) is 10.8. The van der Waals surface area contributed by atoms with Crippen LogP contribution in [-0.2, 0) is 11.0 Å². The van der Waals surface area contributed by atoms with Crippen molar-refractivity contribution in [2.24, 2.45) is 0 Å². The van der Waals surface area contributed by atoms with Crippen molar-refractivity contribution in [3.8, 4) is 0 Å². The Balaban J connectivity index is 2.73. The van der Waals surface area contributed by atoms with E-state index in [1.165, 1.54) is 0 Å². The molecule has 0 atom stereocenters. The van der Waals surface area contributed by atoms with Gasteiger partial charge in [0.05, 0.1) is 6.16 Å². The molecule has 1 rings (SSSR count). The summed E-state index contributed by atoms with van der Waals surface area (Å²) in [5, 5.41) is 0.